The van der Waals surface area contributed by atoms with Crippen molar-refractivity contribution in [1.29, 1.82) is 5.26 Å². The third kappa shape index (κ3) is 3.47. The second kappa shape index (κ2) is 6.20. The van der Waals surface area contributed by atoms with Crippen LogP contribution in [0.15, 0.2) is 51.7 Å². The fourth-order valence-corrected chi connectivity index (χ4v) is 2.30. The van der Waals surface area contributed by atoms with Crippen molar-refractivity contribution in [1.82, 2.24) is 4.98 Å². The van der Waals surface area contributed by atoms with E-state index in [0.29, 0.717) is 35.2 Å². The number of nitrogens with zero attached hydrogens (tertiary/aromatic N) is 1. The van der Waals surface area contributed by atoms with E-state index in [0.717, 1.165) is 5.56 Å². The summed E-state index contributed by atoms with van der Waals surface area (Å²) in [5, 5.41) is 11.6. The van der Waals surface area contributed by atoms with E-state index in [1.54, 1.807) is 36.4 Å². The number of aromatic amines is 1. The van der Waals surface area contributed by atoms with Crippen molar-refractivity contribution in [2.24, 2.45) is 0 Å². The van der Waals surface area contributed by atoms with E-state index in [1.807, 2.05) is 12.1 Å². The zero-order valence-electron chi connectivity index (χ0n) is 12.1. The number of hydrogen-bond donors (Lipinski definition) is 2. The van der Waals surface area contributed by atoms with Gasteiger partial charge in [-0.3, -0.25) is 9.78 Å². The molecule has 0 saturated carbocycles. The second-order valence-corrected chi connectivity index (χ2v) is 5.09. The number of oxazole rings is 1. The average Bonchev–Trinajstić information content (AvgIpc) is 2.92. The molecule has 0 atom stereocenters. The SMILES string of the molecule is N#Cc1cccc(NC(=O)CCc2ccc3oc(=O)[nH]c3c2)c1. The predicted octanol–water partition coefficient (Wildman–Crippen LogP) is 2.56. The molecule has 6 nitrogen and oxygen atoms in total. The lowest BCUT2D eigenvalue weighted by Gasteiger charge is -2.05. The number of aryl methyl sites for hydroxylation is 1. The van der Waals surface area contributed by atoms with Gasteiger partial charge in [-0.15, -0.1) is 0 Å². The van der Waals surface area contributed by atoms with Crippen LogP contribution in [0.25, 0.3) is 11.1 Å². The summed E-state index contributed by atoms with van der Waals surface area (Å²) in [6, 6.07) is 14.1. The van der Waals surface area contributed by atoms with Crippen LogP contribution < -0.4 is 11.1 Å². The van der Waals surface area contributed by atoms with Gasteiger partial charge in [-0.05, 0) is 42.3 Å². The molecule has 0 radical (unpaired) electrons. The normalized spacial score (nSPS) is 10.4. The Morgan fingerprint density at radius 2 is 2.13 bits per heavy atom. The Kier molecular flexibility index (Phi) is 3.93. The third-order valence-electron chi connectivity index (χ3n) is 3.40. The maximum Gasteiger partial charge on any atom is 0.417 e. The van der Waals surface area contributed by atoms with E-state index in [2.05, 4.69) is 10.3 Å². The summed E-state index contributed by atoms with van der Waals surface area (Å²) in [5.74, 6) is -0.631. The number of aromatic nitrogens is 1. The van der Waals surface area contributed by atoms with Crippen molar-refractivity contribution in [3.05, 3.63) is 64.1 Å². The Bertz CT molecular complexity index is 963. The number of nitrogens with one attached hydrogen (secondary N) is 2. The highest BCUT2D eigenvalue weighted by Gasteiger charge is 2.06. The maximum absolute atomic E-state index is 12.0. The molecule has 1 amide bonds. The average molecular weight is 307 g/mol. The molecule has 6 heteroatoms. The molecule has 1 aromatic heterocycles. The monoisotopic (exact) mass is 307 g/mol. The molecule has 0 fully saturated rings. The molecule has 114 valence electrons. The summed E-state index contributed by atoms with van der Waals surface area (Å²) < 4.78 is 4.93. The summed E-state index contributed by atoms with van der Waals surface area (Å²) in [7, 11) is 0. The molecule has 0 bridgehead atoms. The number of rotatable bonds is 4. The standard InChI is InChI=1S/C17H13N3O3/c18-10-12-2-1-3-13(8-12)19-16(21)7-5-11-4-6-15-14(9-11)20-17(22)23-15/h1-4,6,8-9H,5,7H2,(H,19,21)(H,20,22). The van der Waals surface area contributed by atoms with Crippen molar-refractivity contribution >= 4 is 22.7 Å². The number of nitriles is 1. The Hall–Kier alpha value is -3.33. The summed E-state index contributed by atoms with van der Waals surface area (Å²) in [6.07, 6.45) is 0.831. The molecule has 0 spiro atoms. The van der Waals surface area contributed by atoms with E-state index in [9.17, 15) is 9.59 Å². The predicted molar refractivity (Wildman–Crippen MR) is 84.9 cm³/mol. The fourth-order valence-electron chi connectivity index (χ4n) is 2.30. The smallest absolute Gasteiger partial charge is 0.408 e. The highest BCUT2D eigenvalue weighted by molar-refractivity contribution is 5.91. The van der Waals surface area contributed by atoms with Gasteiger partial charge in [-0.2, -0.15) is 5.26 Å². The van der Waals surface area contributed by atoms with Crippen LogP contribution in [0.2, 0.25) is 0 Å². The summed E-state index contributed by atoms with van der Waals surface area (Å²) in [5.41, 5.74) is 3.14. The van der Waals surface area contributed by atoms with Gasteiger partial charge in [0.25, 0.3) is 0 Å². The largest absolute Gasteiger partial charge is 0.417 e. The van der Waals surface area contributed by atoms with Crippen LogP contribution in [0.1, 0.15) is 17.5 Å². The molecule has 0 saturated heterocycles. The van der Waals surface area contributed by atoms with Gasteiger partial charge in [0.05, 0.1) is 17.1 Å². The van der Waals surface area contributed by atoms with Gasteiger partial charge < -0.3 is 9.73 Å². The highest BCUT2D eigenvalue weighted by atomic mass is 16.4. The van der Waals surface area contributed by atoms with Gasteiger partial charge in [-0.1, -0.05) is 12.1 Å². The van der Waals surface area contributed by atoms with E-state index in [1.165, 1.54) is 0 Å². The number of carbonyl (C=O) groups is 1. The number of hydrogen-bond acceptors (Lipinski definition) is 4. The lowest BCUT2D eigenvalue weighted by atomic mass is 10.1. The number of fused-ring (bicyclic) bond motifs is 1. The third-order valence-corrected chi connectivity index (χ3v) is 3.40. The zero-order chi connectivity index (χ0) is 16.2. The first kappa shape index (κ1) is 14.6. The van der Waals surface area contributed by atoms with Gasteiger partial charge in [0.1, 0.15) is 0 Å². The zero-order valence-corrected chi connectivity index (χ0v) is 12.1. The van der Waals surface area contributed by atoms with E-state index < -0.39 is 5.76 Å². The first-order valence-electron chi connectivity index (χ1n) is 7.06. The fraction of sp³-hybridized carbons (Fsp3) is 0.118. The molecular formula is C17H13N3O3. The first-order chi connectivity index (χ1) is 11.1. The van der Waals surface area contributed by atoms with Crippen LogP contribution in [0.4, 0.5) is 5.69 Å². The van der Waals surface area contributed by atoms with Crippen molar-refractivity contribution < 1.29 is 9.21 Å². The minimum absolute atomic E-state index is 0.138. The highest BCUT2D eigenvalue weighted by Crippen LogP contribution is 2.14. The van der Waals surface area contributed by atoms with E-state index in [4.69, 9.17) is 9.68 Å². The van der Waals surface area contributed by atoms with Crippen molar-refractivity contribution in [3.63, 3.8) is 0 Å². The van der Waals surface area contributed by atoms with Gasteiger partial charge in [0, 0.05) is 12.1 Å². The lowest BCUT2D eigenvalue weighted by Crippen LogP contribution is -2.12. The minimum atomic E-state index is -0.493. The number of amides is 1. The second-order valence-electron chi connectivity index (χ2n) is 5.09. The molecule has 3 aromatic rings. The molecule has 0 unspecified atom stereocenters. The van der Waals surface area contributed by atoms with Crippen LogP contribution in [0.5, 0.6) is 0 Å². The topological polar surface area (TPSA) is 98.9 Å². The summed E-state index contributed by atoms with van der Waals surface area (Å²) >= 11 is 0. The van der Waals surface area contributed by atoms with Crippen LogP contribution in [0, 0.1) is 11.3 Å². The van der Waals surface area contributed by atoms with Gasteiger partial charge in [0.2, 0.25) is 5.91 Å². The summed E-state index contributed by atoms with van der Waals surface area (Å²) in [4.78, 5) is 25.7. The lowest BCUT2D eigenvalue weighted by molar-refractivity contribution is -0.116. The van der Waals surface area contributed by atoms with Crippen LogP contribution in [-0.4, -0.2) is 10.9 Å². The Morgan fingerprint density at radius 3 is 2.96 bits per heavy atom. The Labute approximate surface area is 131 Å². The molecule has 0 aliphatic rings. The number of H-pyrrole nitrogens is 1. The van der Waals surface area contributed by atoms with Gasteiger partial charge in [0.15, 0.2) is 5.58 Å². The van der Waals surface area contributed by atoms with Gasteiger partial charge in [-0.25, -0.2) is 4.79 Å². The molecule has 2 aromatic carbocycles. The number of benzene rings is 2. The molecule has 0 aliphatic heterocycles. The van der Waals surface area contributed by atoms with Crippen LogP contribution in [-0.2, 0) is 11.2 Å². The molecule has 0 aliphatic carbocycles. The molecule has 3 rings (SSSR count). The van der Waals surface area contributed by atoms with Crippen LogP contribution in [0.3, 0.4) is 0 Å². The van der Waals surface area contributed by atoms with E-state index in [-0.39, 0.29) is 5.91 Å². The van der Waals surface area contributed by atoms with E-state index >= 15 is 0 Å². The minimum Gasteiger partial charge on any atom is -0.408 e. The Balaban J connectivity index is 1.63. The molecule has 23 heavy (non-hydrogen) atoms. The van der Waals surface area contributed by atoms with Crippen molar-refractivity contribution in [2.75, 3.05) is 5.32 Å². The maximum atomic E-state index is 12.0. The molecule has 1 heterocycles. The Morgan fingerprint density at radius 1 is 1.26 bits per heavy atom. The number of carbonyl (C=O) groups excluding carboxylic acids is 1. The first-order valence-corrected chi connectivity index (χ1v) is 7.06. The molecule has 2 N–H and O–H groups in total. The van der Waals surface area contributed by atoms with Crippen LogP contribution >= 0.6 is 0 Å². The number of anilines is 1. The van der Waals surface area contributed by atoms with Gasteiger partial charge >= 0.3 is 5.76 Å². The quantitative estimate of drug-likeness (QED) is 0.773. The summed E-state index contributed by atoms with van der Waals surface area (Å²) in [6.45, 7) is 0. The van der Waals surface area contributed by atoms with Crippen molar-refractivity contribution in [2.45, 2.75) is 12.8 Å². The molecular weight excluding hydrogens is 294 g/mol. The van der Waals surface area contributed by atoms with Crippen molar-refractivity contribution in [3.8, 4) is 6.07 Å².